The number of rotatable bonds is 6. The Morgan fingerprint density at radius 3 is 2.94 bits per heavy atom. The van der Waals surface area contributed by atoms with Crippen molar-refractivity contribution in [2.75, 3.05) is 19.5 Å². The molecule has 0 saturated carbocycles. The topological polar surface area (TPSA) is 53.1 Å². The van der Waals surface area contributed by atoms with Gasteiger partial charge in [-0.25, -0.2) is 9.37 Å². The lowest BCUT2D eigenvalue weighted by Gasteiger charge is -2.06. The molecule has 1 heterocycles. The molecule has 0 bridgehead atoms. The number of unbranched alkanes of at least 4 members (excludes halogenated alkanes) is 2. The van der Waals surface area contributed by atoms with E-state index in [-0.39, 0.29) is 5.82 Å². The Kier molecular flexibility index (Phi) is 4.15. The van der Waals surface area contributed by atoms with Gasteiger partial charge in [0.15, 0.2) is 0 Å². The van der Waals surface area contributed by atoms with Gasteiger partial charge in [-0.3, -0.25) is 0 Å². The number of benzene rings is 1. The minimum atomic E-state index is -0.285. The number of imidazole rings is 1. The van der Waals surface area contributed by atoms with Crippen molar-refractivity contribution in [3.05, 3.63) is 24.0 Å². The zero-order valence-electron chi connectivity index (χ0n) is 10.5. The smallest absolute Gasteiger partial charge is 0.201 e. The third-order valence-corrected chi connectivity index (χ3v) is 2.97. The van der Waals surface area contributed by atoms with Crippen LogP contribution in [0.25, 0.3) is 11.0 Å². The average Bonchev–Trinajstić information content (AvgIpc) is 2.64. The summed E-state index contributed by atoms with van der Waals surface area (Å²) in [6.45, 7) is 1.59. The summed E-state index contributed by atoms with van der Waals surface area (Å²) in [5.74, 6) is 0.162. The lowest BCUT2D eigenvalue weighted by atomic mass is 10.2. The molecule has 4 nitrogen and oxygen atoms in total. The second-order valence-corrected chi connectivity index (χ2v) is 4.31. The van der Waals surface area contributed by atoms with E-state index in [1.807, 2.05) is 4.57 Å². The van der Waals surface area contributed by atoms with Crippen molar-refractivity contribution in [1.29, 1.82) is 0 Å². The fraction of sp³-hybridized carbons (Fsp3) is 0.462. The van der Waals surface area contributed by atoms with Gasteiger partial charge in [0.25, 0.3) is 0 Å². The third kappa shape index (κ3) is 2.79. The van der Waals surface area contributed by atoms with Crippen LogP contribution in [0.15, 0.2) is 18.2 Å². The summed E-state index contributed by atoms with van der Waals surface area (Å²) in [4.78, 5) is 4.17. The van der Waals surface area contributed by atoms with Crippen LogP contribution in [-0.4, -0.2) is 23.3 Å². The summed E-state index contributed by atoms with van der Waals surface area (Å²) in [7, 11) is 1.70. The average molecular weight is 251 g/mol. The van der Waals surface area contributed by atoms with Crippen LogP contribution < -0.4 is 5.73 Å². The van der Waals surface area contributed by atoms with E-state index in [9.17, 15) is 4.39 Å². The number of hydrogen-bond acceptors (Lipinski definition) is 3. The van der Waals surface area contributed by atoms with Crippen LogP contribution >= 0.6 is 0 Å². The molecule has 0 aliphatic carbocycles. The summed E-state index contributed by atoms with van der Waals surface area (Å²) >= 11 is 0. The Morgan fingerprint density at radius 2 is 2.17 bits per heavy atom. The molecule has 2 N–H and O–H groups in total. The third-order valence-electron chi connectivity index (χ3n) is 2.97. The van der Waals surface area contributed by atoms with Crippen LogP contribution in [0.4, 0.5) is 10.3 Å². The molecule has 0 aliphatic heterocycles. The van der Waals surface area contributed by atoms with Gasteiger partial charge in [-0.05, 0) is 31.4 Å². The minimum absolute atomic E-state index is 0.285. The molecule has 98 valence electrons. The highest BCUT2D eigenvalue weighted by Gasteiger charge is 2.08. The quantitative estimate of drug-likeness (QED) is 0.803. The molecule has 0 aliphatic rings. The molecular weight excluding hydrogens is 233 g/mol. The summed E-state index contributed by atoms with van der Waals surface area (Å²) in [5.41, 5.74) is 7.35. The van der Waals surface area contributed by atoms with Crippen LogP contribution in [0.5, 0.6) is 0 Å². The van der Waals surface area contributed by atoms with Crippen molar-refractivity contribution >= 4 is 17.0 Å². The summed E-state index contributed by atoms with van der Waals surface area (Å²) in [6, 6.07) is 4.57. The van der Waals surface area contributed by atoms with Gasteiger partial charge in [-0.1, -0.05) is 0 Å². The van der Waals surface area contributed by atoms with Crippen molar-refractivity contribution < 1.29 is 9.13 Å². The van der Waals surface area contributed by atoms with Crippen LogP contribution in [0.3, 0.4) is 0 Å². The fourth-order valence-corrected chi connectivity index (χ4v) is 2.05. The van der Waals surface area contributed by atoms with Crippen LogP contribution in [0.2, 0.25) is 0 Å². The van der Waals surface area contributed by atoms with Gasteiger partial charge >= 0.3 is 0 Å². The van der Waals surface area contributed by atoms with Gasteiger partial charge in [0.2, 0.25) is 5.95 Å². The van der Waals surface area contributed by atoms with E-state index in [0.29, 0.717) is 11.5 Å². The maximum atomic E-state index is 13.1. The van der Waals surface area contributed by atoms with Gasteiger partial charge in [0.1, 0.15) is 5.82 Å². The Labute approximate surface area is 106 Å². The first-order valence-electron chi connectivity index (χ1n) is 6.12. The number of nitrogens with two attached hydrogens (primary N) is 1. The molecular formula is C13H18FN3O. The van der Waals surface area contributed by atoms with Gasteiger partial charge in [-0.15, -0.1) is 0 Å². The van der Waals surface area contributed by atoms with E-state index in [4.69, 9.17) is 10.5 Å². The molecule has 5 heteroatoms. The second kappa shape index (κ2) is 5.82. The fourth-order valence-electron chi connectivity index (χ4n) is 2.05. The molecule has 18 heavy (non-hydrogen) atoms. The lowest BCUT2D eigenvalue weighted by molar-refractivity contribution is 0.191. The maximum Gasteiger partial charge on any atom is 0.201 e. The second-order valence-electron chi connectivity index (χ2n) is 4.31. The molecule has 1 aromatic heterocycles. The molecule has 2 rings (SSSR count). The molecule has 2 aromatic rings. The number of methoxy groups -OCH3 is 1. The van der Waals surface area contributed by atoms with Crippen LogP contribution in [0.1, 0.15) is 19.3 Å². The van der Waals surface area contributed by atoms with Gasteiger partial charge < -0.3 is 15.0 Å². The lowest BCUT2D eigenvalue weighted by Crippen LogP contribution is -2.03. The molecule has 0 amide bonds. The number of aromatic nitrogens is 2. The predicted octanol–water partition coefficient (Wildman–Crippen LogP) is 2.57. The number of nitrogen functional groups attached to an aromatic ring is 1. The first-order valence-corrected chi connectivity index (χ1v) is 6.12. The molecule has 1 aromatic carbocycles. The zero-order valence-corrected chi connectivity index (χ0v) is 10.5. The van der Waals surface area contributed by atoms with E-state index in [2.05, 4.69) is 4.98 Å². The normalized spacial score (nSPS) is 11.2. The van der Waals surface area contributed by atoms with Crippen LogP contribution in [0, 0.1) is 5.82 Å². The maximum absolute atomic E-state index is 13.1. The predicted molar refractivity (Wildman–Crippen MR) is 69.8 cm³/mol. The number of anilines is 1. The number of halogens is 1. The van der Waals surface area contributed by atoms with Gasteiger partial charge in [0, 0.05) is 26.3 Å². The minimum Gasteiger partial charge on any atom is -0.385 e. The van der Waals surface area contributed by atoms with Gasteiger partial charge in [0.05, 0.1) is 11.0 Å². The van der Waals surface area contributed by atoms with E-state index in [1.54, 1.807) is 13.2 Å². The Bertz CT molecular complexity index is 524. The van der Waals surface area contributed by atoms with E-state index < -0.39 is 0 Å². The SMILES string of the molecule is COCCCCCn1c(N)nc2cc(F)ccc21. The molecule has 0 spiro atoms. The van der Waals surface area contributed by atoms with Crippen molar-refractivity contribution in [2.24, 2.45) is 0 Å². The Morgan fingerprint density at radius 1 is 1.33 bits per heavy atom. The monoisotopic (exact) mass is 251 g/mol. The number of fused-ring (bicyclic) bond motifs is 1. The molecule has 0 radical (unpaired) electrons. The standard InChI is InChI=1S/C13H18FN3O/c1-18-8-4-2-3-7-17-12-6-5-10(14)9-11(12)16-13(17)15/h5-6,9H,2-4,7-8H2,1H3,(H2,15,16). The van der Waals surface area contributed by atoms with Crippen LogP contribution in [-0.2, 0) is 11.3 Å². The number of aryl methyl sites for hydroxylation is 1. The van der Waals surface area contributed by atoms with E-state index >= 15 is 0 Å². The first-order chi connectivity index (χ1) is 8.72. The Hall–Kier alpha value is -1.62. The summed E-state index contributed by atoms with van der Waals surface area (Å²) in [5, 5.41) is 0. The number of nitrogens with zero attached hydrogens (tertiary/aromatic N) is 2. The first kappa shape index (κ1) is 12.8. The number of hydrogen-bond donors (Lipinski definition) is 1. The largest absolute Gasteiger partial charge is 0.385 e. The summed E-state index contributed by atoms with van der Waals surface area (Å²) < 4.78 is 20.0. The van der Waals surface area contributed by atoms with E-state index in [1.165, 1.54) is 12.1 Å². The summed E-state index contributed by atoms with van der Waals surface area (Å²) in [6.07, 6.45) is 3.13. The van der Waals surface area contributed by atoms with Crippen molar-refractivity contribution in [3.63, 3.8) is 0 Å². The number of ether oxygens (including phenoxy) is 1. The van der Waals surface area contributed by atoms with E-state index in [0.717, 1.165) is 37.9 Å². The Balaban J connectivity index is 2.05. The van der Waals surface area contributed by atoms with Crippen molar-refractivity contribution in [2.45, 2.75) is 25.8 Å². The molecule has 0 saturated heterocycles. The van der Waals surface area contributed by atoms with Crippen molar-refractivity contribution in [1.82, 2.24) is 9.55 Å². The molecule has 0 atom stereocenters. The zero-order chi connectivity index (χ0) is 13.0. The highest BCUT2D eigenvalue weighted by molar-refractivity contribution is 5.78. The highest BCUT2D eigenvalue weighted by Crippen LogP contribution is 2.19. The van der Waals surface area contributed by atoms with Gasteiger partial charge in [-0.2, -0.15) is 0 Å². The highest BCUT2D eigenvalue weighted by atomic mass is 19.1. The molecule has 0 fully saturated rings. The molecule has 0 unspecified atom stereocenters. The van der Waals surface area contributed by atoms with Crippen molar-refractivity contribution in [3.8, 4) is 0 Å².